The second-order valence-electron chi connectivity index (χ2n) is 14.8. The van der Waals surface area contributed by atoms with Crippen LogP contribution in [0.4, 0.5) is 5.69 Å². The fraction of sp³-hybridized carbons (Fsp3) is 0.125. The minimum atomic E-state index is -1.43. The van der Waals surface area contributed by atoms with Crippen LogP contribution in [0.25, 0.3) is 66.8 Å². The topological polar surface area (TPSA) is 232 Å². The molecule has 15 nitrogen and oxygen atoms in total. The van der Waals surface area contributed by atoms with Gasteiger partial charge in [0, 0.05) is 82.5 Å². The van der Waals surface area contributed by atoms with Gasteiger partial charge in [0.05, 0.1) is 44.3 Å². The van der Waals surface area contributed by atoms with Gasteiger partial charge in [0.25, 0.3) is 5.91 Å². The molecule has 8 rings (SSSR count). The molecule has 328 valence electrons. The minimum Gasteiger partial charge on any atom is -0.508 e. The number of nitrogens with one attached hydrogen (secondary N) is 2. The average Bonchev–Trinajstić information content (AvgIpc) is 3.28. The Morgan fingerprint density at radius 2 is 1.38 bits per heavy atom. The van der Waals surface area contributed by atoms with Crippen molar-refractivity contribution in [3.05, 3.63) is 145 Å². The maximum atomic E-state index is 13.8. The number of aromatic carboxylic acids is 2. The molecule has 4 aliphatic rings. The van der Waals surface area contributed by atoms with Crippen LogP contribution in [0.15, 0.2) is 116 Å². The molecule has 2 amide bonds. The van der Waals surface area contributed by atoms with Crippen molar-refractivity contribution in [1.82, 2.24) is 10.6 Å². The lowest BCUT2D eigenvalue weighted by atomic mass is 9.89. The Morgan fingerprint density at radius 3 is 2.11 bits per heavy atom. The number of hydroxylamine groups is 1. The SMILES string of the molecule is CCN=c1ccc2c(-c3c(Cl)c(C(=O)NCC(=O)NCc4ccc(-c5c6ccc(=O)cc-6oc6cc(O)ccc56)c(C(=O)O)c4)cc(Cl)c3C(=O)O)c3ccc(N(O)CC)cc3oc-2c1. The number of halogens is 2. The normalized spacial score (nSPS) is 11.7. The zero-order chi connectivity index (χ0) is 46.3. The molecule has 4 aromatic carbocycles. The lowest BCUT2D eigenvalue weighted by Crippen LogP contribution is -2.36. The highest BCUT2D eigenvalue weighted by atomic mass is 35.5. The molecule has 0 radical (unpaired) electrons. The number of fused-ring (bicyclic) bond motifs is 4. The number of carbonyl (C=O) groups is 4. The lowest BCUT2D eigenvalue weighted by Gasteiger charge is -2.21. The molecule has 0 saturated heterocycles. The molecular formula is C48H36Cl2N4O11. The van der Waals surface area contributed by atoms with Crippen LogP contribution in [-0.2, 0) is 11.3 Å². The number of phenols is 1. The van der Waals surface area contributed by atoms with Crippen LogP contribution in [0, 0.1) is 0 Å². The summed E-state index contributed by atoms with van der Waals surface area (Å²) < 4.78 is 12.2. The zero-order valence-electron chi connectivity index (χ0n) is 34.4. The first-order valence-corrected chi connectivity index (χ1v) is 20.8. The van der Waals surface area contributed by atoms with Crippen molar-refractivity contribution < 1.29 is 48.5 Å². The van der Waals surface area contributed by atoms with Crippen LogP contribution in [0.1, 0.15) is 50.5 Å². The molecule has 2 aliphatic heterocycles. The summed E-state index contributed by atoms with van der Waals surface area (Å²) in [4.78, 5) is 69.2. The van der Waals surface area contributed by atoms with E-state index in [4.69, 9.17) is 32.0 Å². The molecule has 0 spiro atoms. The maximum absolute atomic E-state index is 13.8. The van der Waals surface area contributed by atoms with Crippen molar-refractivity contribution in [3.63, 3.8) is 0 Å². The number of carbonyl (C=O) groups excluding carboxylic acids is 2. The van der Waals surface area contributed by atoms with Gasteiger partial charge in [0.2, 0.25) is 5.91 Å². The van der Waals surface area contributed by atoms with Crippen LogP contribution in [0.5, 0.6) is 5.75 Å². The molecule has 0 aromatic heterocycles. The molecule has 0 fully saturated rings. The van der Waals surface area contributed by atoms with Gasteiger partial charge < -0.3 is 34.8 Å². The first-order chi connectivity index (χ1) is 31.2. The van der Waals surface area contributed by atoms with Crippen LogP contribution in [0.3, 0.4) is 0 Å². The van der Waals surface area contributed by atoms with E-state index >= 15 is 0 Å². The molecule has 4 aromatic rings. The second-order valence-corrected chi connectivity index (χ2v) is 15.5. The highest BCUT2D eigenvalue weighted by molar-refractivity contribution is 6.41. The molecule has 65 heavy (non-hydrogen) atoms. The fourth-order valence-electron chi connectivity index (χ4n) is 7.76. The predicted molar refractivity (Wildman–Crippen MR) is 244 cm³/mol. The number of carboxylic acid groups (broad SMARTS) is 2. The van der Waals surface area contributed by atoms with E-state index in [1.807, 2.05) is 6.92 Å². The van der Waals surface area contributed by atoms with E-state index in [-0.39, 0.29) is 73.5 Å². The summed E-state index contributed by atoms with van der Waals surface area (Å²) in [7, 11) is 0. The Morgan fingerprint density at radius 1 is 0.708 bits per heavy atom. The lowest BCUT2D eigenvalue weighted by molar-refractivity contribution is -0.120. The van der Waals surface area contributed by atoms with E-state index in [9.17, 15) is 44.5 Å². The number of rotatable bonds is 12. The number of benzene rings is 6. The highest BCUT2D eigenvalue weighted by Crippen LogP contribution is 2.47. The Bertz CT molecular complexity index is 3340. The minimum absolute atomic E-state index is 0.0896. The van der Waals surface area contributed by atoms with Crippen LogP contribution >= 0.6 is 23.2 Å². The number of hydrogen-bond acceptors (Lipinski definition) is 11. The van der Waals surface area contributed by atoms with Crippen LogP contribution in [0.2, 0.25) is 10.0 Å². The summed E-state index contributed by atoms with van der Waals surface area (Å²) in [5.41, 5.74) is 2.03. The van der Waals surface area contributed by atoms with Gasteiger partial charge in [-0.3, -0.25) is 29.6 Å². The van der Waals surface area contributed by atoms with E-state index in [0.29, 0.717) is 61.9 Å². The van der Waals surface area contributed by atoms with Crippen molar-refractivity contribution in [1.29, 1.82) is 0 Å². The Hall–Kier alpha value is -7.72. The summed E-state index contributed by atoms with van der Waals surface area (Å²) >= 11 is 13.7. The number of nitrogens with zero attached hydrogens (tertiary/aromatic N) is 2. The first kappa shape index (κ1) is 43.9. The summed E-state index contributed by atoms with van der Waals surface area (Å²) in [6, 6.07) is 24.1. The maximum Gasteiger partial charge on any atom is 0.337 e. The van der Waals surface area contributed by atoms with Gasteiger partial charge in [-0.05, 0) is 85.6 Å². The van der Waals surface area contributed by atoms with Gasteiger partial charge in [-0.1, -0.05) is 35.3 Å². The Kier molecular flexibility index (Phi) is 12.0. The predicted octanol–water partition coefficient (Wildman–Crippen LogP) is 8.67. The van der Waals surface area contributed by atoms with Crippen LogP contribution in [-0.4, -0.2) is 63.9 Å². The number of phenolic OH excluding ortho intramolecular Hbond substituents is 1. The quantitative estimate of drug-likeness (QED) is 0.0499. The van der Waals surface area contributed by atoms with E-state index in [1.54, 1.807) is 61.5 Å². The average molecular weight is 916 g/mol. The number of anilines is 1. The van der Waals surface area contributed by atoms with Gasteiger partial charge in [-0.15, -0.1) is 0 Å². The van der Waals surface area contributed by atoms with E-state index in [2.05, 4.69) is 15.6 Å². The largest absolute Gasteiger partial charge is 0.508 e. The van der Waals surface area contributed by atoms with Gasteiger partial charge in [0.1, 0.15) is 28.4 Å². The summed E-state index contributed by atoms with van der Waals surface area (Å²) in [6.45, 7) is 3.64. The molecule has 6 N–H and O–H groups in total. The van der Waals surface area contributed by atoms with Gasteiger partial charge in [-0.2, -0.15) is 0 Å². The van der Waals surface area contributed by atoms with Crippen molar-refractivity contribution in [2.75, 3.05) is 24.7 Å². The summed E-state index contributed by atoms with van der Waals surface area (Å²) in [6.07, 6.45) is 0. The fourth-order valence-corrected chi connectivity index (χ4v) is 8.37. The molecule has 0 atom stereocenters. The second kappa shape index (κ2) is 17.8. The Labute approximate surface area is 378 Å². The standard InChI is InChI=1S/C48H36Cl2N4O11/c1-3-51-24-6-11-31-36(16-24)64-37-17-25(54(63)4-2)7-12-32(37)42(31)44-43(48(61)62)35(49)20-34(45(44)50)46(58)53-22-40(57)52-21-23-5-10-28(33(15-23)47(59)60)41-29-13-8-26(55)18-38(29)65-39-19-27(56)9-14-30(39)41/h5-20,55,63H,3-4,21-22H2,1-2H3,(H,52,57)(H,53,58)(H,59,60)(H,61,62). The molecule has 0 bridgehead atoms. The van der Waals surface area contributed by atoms with Gasteiger partial charge in [0.15, 0.2) is 5.43 Å². The van der Waals surface area contributed by atoms with E-state index < -0.39 is 35.9 Å². The molecule has 2 aliphatic carbocycles. The number of carboxylic acids is 2. The highest BCUT2D eigenvalue weighted by Gasteiger charge is 2.30. The third-order valence-electron chi connectivity index (χ3n) is 10.7. The van der Waals surface area contributed by atoms with Gasteiger partial charge in [-0.25, -0.2) is 9.59 Å². The smallest absolute Gasteiger partial charge is 0.337 e. The number of aromatic hydroxyl groups is 1. The third kappa shape index (κ3) is 8.43. The van der Waals surface area contributed by atoms with E-state index in [0.717, 1.165) is 11.1 Å². The van der Waals surface area contributed by atoms with Crippen LogP contribution < -0.4 is 26.5 Å². The molecule has 0 unspecified atom stereocenters. The molecule has 0 saturated carbocycles. The van der Waals surface area contributed by atoms with E-state index in [1.165, 1.54) is 36.4 Å². The van der Waals surface area contributed by atoms with Crippen molar-refractivity contribution >= 4 is 74.6 Å². The van der Waals surface area contributed by atoms with Crippen molar-refractivity contribution in [2.45, 2.75) is 20.4 Å². The number of hydrogen-bond donors (Lipinski definition) is 6. The zero-order valence-corrected chi connectivity index (χ0v) is 35.9. The van der Waals surface area contributed by atoms with Gasteiger partial charge >= 0.3 is 11.9 Å². The molecule has 2 heterocycles. The molecule has 17 heteroatoms. The first-order valence-electron chi connectivity index (χ1n) is 20.0. The third-order valence-corrected chi connectivity index (χ3v) is 11.4. The van der Waals surface area contributed by atoms with Crippen molar-refractivity contribution in [2.24, 2.45) is 4.99 Å². The summed E-state index contributed by atoms with van der Waals surface area (Å²) in [5, 5.41) is 48.5. The monoisotopic (exact) mass is 914 g/mol. The summed E-state index contributed by atoms with van der Waals surface area (Å²) in [5.74, 6) is -3.81. The van der Waals surface area contributed by atoms with Crippen molar-refractivity contribution in [3.8, 4) is 50.7 Å². The Balaban J connectivity index is 1.09. The molecular weight excluding hydrogens is 879 g/mol. The number of amides is 2.